The topological polar surface area (TPSA) is 87.3 Å². The molecule has 7 heteroatoms. The van der Waals surface area contributed by atoms with E-state index >= 15 is 0 Å². The molecule has 0 aliphatic carbocycles. The van der Waals surface area contributed by atoms with Gasteiger partial charge >= 0.3 is 5.97 Å². The molecule has 7 nitrogen and oxygen atoms in total. The summed E-state index contributed by atoms with van der Waals surface area (Å²) in [6.45, 7) is 5.84. The number of benzene rings is 1. The van der Waals surface area contributed by atoms with E-state index in [1.54, 1.807) is 19.9 Å². The number of aromatic nitrogens is 3. The molecule has 3 aromatic rings. The maximum atomic E-state index is 11.8. The number of hydrogen-bond donors (Lipinski definition) is 0. The van der Waals surface area contributed by atoms with Crippen LogP contribution >= 0.6 is 0 Å². The largest absolute Gasteiger partial charge is 0.471 e. The minimum Gasteiger partial charge on any atom is -0.471 e. The van der Waals surface area contributed by atoms with Crippen molar-refractivity contribution in [2.75, 3.05) is 6.61 Å². The van der Waals surface area contributed by atoms with Crippen LogP contribution in [-0.4, -0.2) is 27.9 Å². The van der Waals surface area contributed by atoms with Gasteiger partial charge < -0.3 is 14.0 Å². The highest BCUT2D eigenvalue weighted by Gasteiger charge is 2.17. The van der Waals surface area contributed by atoms with Crippen LogP contribution in [0.2, 0.25) is 0 Å². The molecule has 0 fully saturated rings. The van der Waals surface area contributed by atoms with Crippen molar-refractivity contribution in [2.24, 2.45) is 0 Å². The lowest BCUT2D eigenvalue weighted by molar-refractivity contribution is 0.0517. The molecule has 26 heavy (non-hydrogen) atoms. The molecule has 0 unspecified atom stereocenters. The zero-order chi connectivity index (χ0) is 18.5. The fourth-order valence-electron chi connectivity index (χ4n) is 2.46. The molecule has 0 saturated carbocycles. The van der Waals surface area contributed by atoms with Crippen molar-refractivity contribution in [3.8, 4) is 17.1 Å². The normalized spacial score (nSPS) is 10.6. The highest BCUT2D eigenvalue weighted by molar-refractivity contribution is 5.88. The number of ether oxygens (including phenoxy) is 2. The molecule has 0 bridgehead atoms. The SMILES string of the molecule is CCOC(=O)c1nnc(OCc2c(-c3ccccc3)noc2C)cc1C. The predicted molar refractivity (Wildman–Crippen MR) is 93.7 cm³/mol. The second kappa shape index (κ2) is 7.77. The quantitative estimate of drug-likeness (QED) is 0.627. The summed E-state index contributed by atoms with van der Waals surface area (Å²) in [5.74, 6) is 0.497. The Hall–Kier alpha value is -3.22. The molecule has 1 aromatic carbocycles. The van der Waals surface area contributed by atoms with Crippen molar-refractivity contribution in [2.45, 2.75) is 27.4 Å². The number of hydrogen-bond acceptors (Lipinski definition) is 7. The van der Waals surface area contributed by atoms with Crippen LogP contribution in [0.15, 0.2) is 40.9 Å². The molecular formula is C19H19N3O4. The van der Waals surface area contributed by atoms with Gasteiger partial charge in [-0.05, 0) is 26.3 Å². The third-order valence-corrected chi connectivity index (χ3v) is 3.83. The van der Waals surface area contributed by atoms with Crippen LogP contribution in [0.3, 0.4) is 0 Å². The lowest BCUT2D eigenvalue weighted by Gasteiger charge is -2.08. The number of carbonyl (C=O) groups is 1. The van der Waals surface area contributed by atoms with E-state index in [9.17, 15) is 4.79 Å². The average Bonchev–Trinajstić information content (AvgIpc) is 3.01. The first kappa shape index (κ1) is 17.6. The van der Waals surface area contributed by atoms with Crippen molar-refractivity contribution < 1.29 is 18.8 Å². The van der Waals surface area contributed by atoms with Gasteiger partial charge in [-0.2, -0.15) is 0 Å². The van der Waals surface area contributed by atoms with E-state index in [4.69, 9.17) is 14.0 Å². The Morgan fingerprint density at radius 2 is 1.92 bits per heavy atom. The highest BCUT2D eigenvalue weighted by Crippen LogP contribution is 2.26. The van der Waals surface area contributed by atoms with Gasteiger partial charge in [0.05, 0.1) is 12.2 Å². The number of carbonyl (C=O) groups excluding carboxylic acids is 1. The standard InChI is InChI=1S/C19H19N3O4/c1-4-24-19(23)17-12(2)10-16(20-21-17)25-11-15-13(3)26-22-18(15)14-8-6-5-7-9-14/h5-10H,4,11H2,1-3H3. The smallest absolute Gasteiger partial charge is 0.359 e. The highest BCUT2D eigenvalue weighted by atomic mass is 16.5. The van der Waals surface area contributed by atoms with E-state index < -0.39 is 5.97 Å². The van der Waals surface area contributed by atoms with Gasteiger partial charge in [0.1, 0.15) is 18.1 Å². The Morgan fingerprint density at radius 1 is 1.15 bits per heavy atom. The van der Waals surface area contributed by atoms with Crippen LogP contribution < -0.4 is 4.74 Å². The van der Waals surface area contributed by atoms with Gasteiger partial charge in [0.25, 0.3) is 0 Å². The fourth-order valence-corrected chi connectivity index (χ4v) is 2.46. The molecule has 0 N–H and O–H groups in total. The second-order valence-electron chi connectivity index (χ2n) is 5.66. The zero-order valence-electron chi connectivity index (χ0n) is 14.9. The first-order valence-electron chi connectivity index (χ1n) is 8.25. The average molecular weight is 353 g/mol. The Balaban J connectivity index is 1.77. The molecule has 2 aromatic heterocycles. The van der Waals surface area contributed by atoms with Gasteiger partial charge in [-0.1, -0.05) is 35.5 Å². The maximum Gasteiger partial charge on any atom is 0.359 e. The summed E-state index contributed by atoms with van der Waals surface area (Å²) in [5, 5.41) is 12.0. The summed E-state index contributed by atoms with van der Waals surface area (Å²) < 4.78 is 16.0. The third kappa shape index (κ3) is 3.72. The van der Waals surface area contributed by atoms with Crippen LogP contribution in [0.4, 0.5) is 0 Å². The summed E-state index contributed by atoms with van der Waals surface area (Å²) in [4.78, 5) is 11.8. The molecular weight excluding hydrogens is 334 g/mol. The number of rotatable bonds is 6. The van der Waals surface area contributed by atoms with Crippen molar-refractivity contribution in [1.29, 1.82) is 0 Å². The van der Waals surface area contributed by atoms with Gasteiger partial charge in [0.15, 0.2) is 5.69 Å². The van der Waals surface area contributed by atoms with E-state index in [1.807, 2.05) is 37.3 Å². The van der Waals surface area contributed by atoms with Crippen molar-refractivity contribution in [3.63, 3.8) is 0 Å². The summed E-state index contributed by atoms with van der Waals surface area (Å²) in [6.07, 6.45) is 0. The number of aryl methyl sites for hydroxylation is 2. The molecule has 0 radical (unpaired) electrons. The first-order chi connectivity index (χ1) is 12.6. The molecule has 0 aliphatic rings. The molecule has 0 saturated heterocycles. The monoisotopic (exact) mass is 353 g/mol. The summed E-state index contributed by atoms with van der Waals surface area (Å²) in [6, 6.07) is 11.4. The van der Waals surface area contributed by atoms with Crippen molar-refractivity contribution >= 4 is 5.97 Å². The van der Waals surface area contributed by atoms with E-state index in [-0.39, 0.29) is 18.9 Å². The minimum atomic E-state index is -0.495. The lowest BCUT2D eigenvalue weighted by Crippen LogP contribution is -2.11. The van der Waals surface area contributed by atoms with Crippen LogP contribution in [0, 0.1) is 13.8 Å². The van der Waals surface area contributed by atoms with Gasteiger partial charge in [0, 0.05) is 11.6 Å². The van der Waals surface area contributed by atoms with Crippen LogP contribution in [-0.2, 0) is 11.3 Å². The van der Waals surface area contributed by atoms with E-state index in [0.29, 0.717) is 17.2 Å². The van der Waals surface area contributed by atoms with Crippen LogP contribution in [0.25, 0.3) is 11.3 Å². The van der Waals surface area contributed by atoms with Crippen LogP contribution in [0.1, 0.15) is 34.3 Å². The molecule has 0 aliphatic heterocycles. The van der Waals surface area contributed by atoms with Gasteiger partial charge in [-0.3, -0.25) is 0 Å². The first-order valence-corrected chi connectivity index (χ1v) is 8.25. The maximum absolute atomic E-state index is 11.8. The Labute approximate surface area is 150 Å². The lowest BCUT2D eigenvalue weighted by atomic mass is 10.1. The second-order valence-corrected chi connectivity index (χ2v) is 5.66. The van der Waals surface area contributed by atoms with E-state index in [2.05, 4.69) is 15.4 Å². The Kier molecular flexibility index (Phi) is 5.26. The molecule has 0 spiro atoms. The molecule has 0 atom stereocenters. The van der Waals surface area contributed by atoms with E-state index in [1.165, 1.54) is 0 Å². The van der Waals surface area contributed by atoms with Crippen LogP contribution in [0.5, 0.6) is 5.88 Å². The summed E-state index contributed by atoms with van der Waals surface area (Å²) in [5.41, 5.74) is 3.34. The number of nitrogens with zero attached hydrogens (tertiary/aromatic N) is 3. The number of esters is 1. The van der Waals surface area contributed by atoms with Gasteiger partial charge in [-0.15, -0.1) is 10.2 Å². The molecule has 2 heterocycles. The fraction of sp³-hybridized carbons (Fsp3) is 0.263. The molecule has 3 rings (SSSR count). The minimum absolute atomic E-state index is 0.185. The zero-order valence-corrected chi connectivity index (χ0v) is 14.9. The molecule has 134 valence electrons. The van der Waals surface area contributed by atoms with Crippen molar-refractivity contribution in [1.82, 2.24) is 15.4 Å². The van der Waals surface area contributed by atoms with E-state index in [0.717, 1.165) is 16.8 Å². The molecule has 0 amide bonds. The summed E-state index contributed by atoms with van der Waals surface area (Å²) >= 11 is 0. The predicted octanol–water partition coefficient (Wildman–Crippen LogP) is 3.50. The summed E-state index contributed by atoms with van der Waals surface area (Å²) in [7, 11) is 0. The Bertz CT molecular complexity index is 906. The third-order valence-electron chi connectivity index (χ3n) is 3.83. The van der Waals surface area contributed by atoms with Gasteiger partial charge in [-0.25, -0.2) is 4.79 Å². The van der Waals surface area contributed by atoms with Gasteiger partial charge in [0.2, 0.25) is 5.88 Å². The van der Waals surface area contributed by atoms with Crippen molar-refractivity contribution in [3.05, 3.63) is 59.0 Å². The Morgan fingerprint density at radius 3 is 2.62 bits per heavy atom.